The first-order valence-corrected chi connectivity index (χ1v) is 3.00. The molecule has 1 aromatic carbocycles. The first kappa shape index (κ1) is 8.89. The third kappa shape index (κ3) is 1.52. The van der Waals surface area contributed by atoms with E-state index in [1.54, 1.807) is 18.3 Å². The quantitative estimate of drug-likeness (QED) is 0.658. The Morgan fingerprint density at radius 2 is 2.18 bits per heavy atom. The number of aromatic amines is 1. The minimum atomic E-state index is -0.223. The van der Waals surface area contributed by atoms with Crippen molar-refractivity contribution in [1.82, 2.24) is 4.98 Å². The van der Waals surface area contributed by atoms with Crippen LogP contribution in [0, 0.1) is 11.9 Å². The molecule has 1 heterocycles. The van der Waals surface area contributed by atoms with Gasteiger partial charge in [-0.1, -0.05) is 17.0 Å². The number of fused-ring (bicyclic) bond motifs is 1. The van der Waals surface area contributed by atoms with Crippen LogP contribution in [-0.2, 0) is 32.7 Å². The van der Waals surface area contributed by atoms with Crippen molar-refractivity contribution in [2.24, 2.45) is 0 Å². The predicted molar refractivity (Wildman–Crippen MR) is 37.1 cm³/mol. The Morgan fingerprint density at radius 1 is 1.36 bits per heavy atom. The summed E-state index contributed by atoms with van der Waals surface area (Å²) in [5, 5.41) is 0.624. The van der Waals surface area contributed by atoms with Crippen LogP contribution in [0.5, 0.6) is 0 Å². The topological polar surface area (TPSA) is 15.8 Å². The van der Waals surface area contributed by atoms with E-state index in [1.165, 1.54) is 6.07 Å². The average Bonchev–Trinajstić information content (AvgIpc) is 2.36. The molecule has 0 fully saturated rings. The molecule has 0 aliphatic heterocycles. The molecule has 0 aliphatic carbocycles. The number of hydrogen-bond donors (Lipinski definition) is 1. The molecule has 0 bridgehead atoms. The van der Waals surface area contributed by atoms with E-state index in [-0.39, 0.29) is 38.5 Å². The van der Waals surface area contributed by atoms with E-state index in [2.05, 4.69) is 11.1 Å². The van der Waals surface area contributed by atoms with E-state index in [9.17, 15) is 4.39 Å². The summed E-state index contributed by atoms with van der Waals surface area (Å²) in [5.41, 5.74) is 0.792. The second-order valence-electron chi connectivity index (χ2n) is 2.11. The van der Waals surface area contributed by atoms with Gasteiger partial charge in [-0.3, -0.25) is 4.39 Å². The summed E-state index contributed by atoms with van der Waals surface area (Å²) in [5.74, 6) is -0.223. The van der Waals surface area contributed by atoms with Crippen molar-refractivity contribution in [3.05, 3.63) is 36.3 Å². The second kappa shape index (κ2) is 3.46. The maximum atomic E-state index is 12.8. The van der Waals surface area contributed by atoms with Gasteiger partial charge >= 0.3 is 0 Å². The molecule has 0 atom stereocenters. The van der Waals surface area contributed by atoms with Gasteiger partial charge in [0.1, 0.15) is 0 Å². The van der Waals surface area contributed by atoms with E-state index in [4.69, 9.17) is 0 Å². The summed E-state index contributed by atoms with van der Waals surface area (Å²) >= 11 is 0. The zero-order valence-corrected chi connectivity index (χ0v) is 8.60. The van der Waals surface area contributed by atoms with Gasteiger partial charge in [0.25, 0.3) is 0 Å². The summed E-state index contributed by atoms with van der Waals surface area (Å²) in [7, 11) is 0. The van der Waals surface area contributed by atoms with E-state index in [0.717, 1.165) is 5.52 Å². The van der Waals surface area contributed by atoms with Gasteiger partial charge in [-0.25, -0.2) is 0 Å². The van der Waals surface area contributed by atoms with Crippen LogP contribution in [0.1, 0.15) is 0 Å². The number of nitrogens with one attached hydrogen (secondary N) is 1. The number of halogens is 1. The third-order valence-electron chi connectivity index (χ3n) is 1.47. The monoisotopic (exact) mass is 223 g/mol. The molecule has 2 rings (SSSR count). The smallest absolute Gasteiger partial charge is 0.0178 e. The first-order valence-electron chi connectivity index (χ1n) is 3.00. The Kier molecular flexibility index (Phi) is 2.80. The predicted octanol–water partition coefficient (Wildman–Crippen LogP) is 2.10. The fourth-order valence-corrected chi connectivity index (χ4v) is 0.986. The minimum Gasteiger partial charge on any atom is -0.414 e. The van der Waals surface area contributed by atoms with Gasteiger partial charge < -0.3 is 4.98 Å². The van der Waals surface area contributed by atoms with Gasteiger partial charge in [0.05, 0.1) is 0 Å². The van der Waals surface area contributed by atoms with Gasteiger partial charge in [-0.2, -0.15) is 12.1 Å². The number of H-pyrrole nitrogens is 1. The van der Waals surface area contributed by atoms with Crippen molar-refractivity contribution in [3.63, 3.8) is 0 Å². The van der Waals surface area contributed by atoms with Crippen molar-refractivity contribution in [3.8, 4) is 0 Å². The molecule has 11 heavy (non-hydrogen) atoms. The second-order valence-corrected chi connectivity index (χ2v) is 2.11. The maximum Gasteiger partial charge on any atom is 0.0178 e. The van der Waals surface area contributed by atoms with Crippen molar-refractivity contribution in [1.29, 1.82) is 0 Å². The van der Waals surface area contributed by atoms with Crippen LogP contribution in [0.2, 0.25) is 0 Å². The van der Waals surface area contributed by atoms with Gasteiger partial charge in [-0.15, -0.1) is 6.07 Å². The van der Waals surface area contributed by atoms with Gasteiger partial charge in [0, 0.05) is 38.5 Å². The fraction of sp³-hybridized carbons (Fsp3) is 0. The van der Waals surface area contributed by atoms with Gasteiger partial charge in [0.2, 0.25) is 0 Å². The molecular formula is C8H5FNY-. The molecular weight excluding hydrogens is 218 g/mol. The number of hydrogen-bond acceptors (Lipinski definition) is 0. The number of rotatable bonds is 0. The molecule has 1 radical (unpaired) electrons. The Labute approximate surface area is 88.9 Å². The fourth-order valence-electron chi connectivity index (χ4n) is 0.986. The molecule has 53 valence electrons. The largest absolute Gasteiger partial charge is 0.414 e. The molecule has 1 nitrogen and oxygen atoms in total. The number of aromatic nitrogens is 1. The zero-order valence-electron chi connectivity index (χ0n) is 5.76. The van der Waals surface area contributed by atoms with E-state index in [1.807, 2.05) is 0 Å². The zero-order chi connectivity index (χ0) is 6.97. The Hall–Kier alpha value is -0.206. The standard InChI is InChI=1S/C8H5FN.Y/c9-7-2-1-3-8-6(7)4-5-10-8;/h2-5,10H;/q-1;. The van der Waals surface area contributed by atoms with Gasteiger partial charge in [0.15, 0.2) is 0 Å². The van der Waals surface area contributed by atoms with Crippen LogP contribution < -0.4 is 0 Å². The molecule has 1 N–H and O–H groups in total. The molecule has 0 aliphatic rings. The van der Waals surface area contributed by atoms with E-state index < -0.39 is 0 Å². The molecule has 0 amide bonds. The third-order valence-corrected chi connectivity index (χ3v) is 1.47. The van der Waals surface area contributed by atoms with Crippen LogP contribution >= 0.6 is 0 Å². The van der Waals surface area contributed by atoms with Crippen molar-refractivity contribution >= 4 is 10.9 Å². The Bertz CT molecular complexity index is 356. The normalized spacial score (nSPS) is 9.55. The van der Waals surface area contributed by atoms with Crippen molar-refractivity contribution in [2.75, 3.05) is 0 Å². The minimum absolute atomic E-state index is 0. The molecule has 0 spiro atoms. The molecule has 0 saturated carbocycles. The average molecular weight is 223 g/mol. The summed E-state index contributed by atoms with van der Waals surface area (Å²) in [4.78, 5) is 2.89. The van der Waals surface area contributed by atoms with E-state index >= 15 is 0 Å². The molecule has 2 aromatic rings. The number of benzene rings is 1. The Morgan fingerprint density at radius 3 is 2.91 bits per heavy atom. The van der Waals surface area contributed by atoms with Crippen molar-refractivity contribution < 1.29 is 37.1 Å². The van der Waals surface area contributed by atoms with Gasteiger partial charge in [-0.05, 0) is 6.20 Å². The first-order chi connectivity index (χ1) is 4.88. The summed E-state index contributed by atoms with van der Waals surface area (Å²) < 4.78 is 12.8. The SMILES string of the molecule is Fc1c[c-]cc2[nH]ccc12.[Y]. The molecule has 3 heteroatoms. The van der Waals surface area contributed by atoms with Crippen molar-refractivity contribution in [2.45, 2.75) is 0 Å². The summed E-state index contributed by atoms with van der Waals surface area (Å²) in [6, 6.07) is 7.44. The maximum absolute atomic E-state index is 12.8. The Balaban J connectivity index is 0.000000605. The van der Waals surface area contributed by atoms with Crippen LogP contribution in [0.25, 0.3) is 10.9 Å². The van der Waals surface area contributed by atoms with Crippen LogP contribution in [0.4, 0.5) is 4.39 Å². The molecule has 0 unspecified atom stereocenters. The summed E-state index contributed by atoms with van der Waals surface area (Å²) in [6.07, 6.45) is 1.71. The van der Waals surface area contributed by atoms with Crippen LogP contribution in [0.15, 0.2) is 24.4 Å². The van der Waals surface area contributed by atoms with E-state index in [0.29, 0.717) is 5.39 Å². The molecule has 1 aromatic heterocycles. The van der Waals surface area contributed by atoms with Crippen LogP contribution in [0.3, 0.4) is 0 Å². The molecule has 0 saturated heterocycles. The van der Waals surface area contributed by atoms with Crippen LogP contribution in [-0.4, -0.2) is 4.98 Å². The summed E-state index contributed by atoms with van der Waals surface area (Å²) in [6.45, 7) is 0.